The third-order valence-electron chi connectivity index (χ3n) is 5.03. The zero-order valence-corrected chi connectivity index (χ0v) is 15.4. The van der Waals surface area contributed by atoms with Crippen molar-refractivity contribution in [3.8, 4) is 0 Å². The van der Waals surface area contributed by atoms with Crippen LogP contribution in [0.4, 0.5) is 0 Å². The van der Waals surface area contributed by atoms with Crippen LogP contribution in [-0.4, -0.2) is 24.0 Å². The van der Waals surface area contributed by atoms with Gasteiger partial charge < -0.3 is 8.98 Å². The molecule has 0 spiro atoms. The summed E-state index contributed by atoms with van der Waals surface area (Å²) in [5.41, 5.74) is 0.592. The second-order valence-corrected chi connectivity index (χ2v) is 8.62. The standard InChI is InChI=1S/C18H21N3O4S/c1-21-11-19-16-17(21)14-10-13(8-9-15(14)25-18(16)22)26(23,24)20-12-6-4-2-3-5-7-12/h8-12,20H,2-7H2,1H3. The summed E-state index contributed by atoms with van der Waals surface area (Å²) in [6, 6.07) is 4.54. The third kappa shape index (κ3) is 3.03. The van der Waals surface area contributed by atoms with E-state index in [-0.39, 0.29) is 16.5 Å². The highest BCUT2D eigenvalue weighted by Gasteiger charge is 2.22. The van der Waals surface area contributed by atoms with E-state index < -0.39 is 15.6 Å². The molecule has 1 fully saturated rings. The molecule has 2 heterocycles. The lowest BCUT2D eigenvalue weighted by molar-refractivity contribution is 0.510. The first kappa shape index (κ1) is 17.2. The number of fused-ring (bicyclic) bond motifs is 3. The molecule has 0 unspecified atom stereocenters. The number of hydrogen-bond donors (Lipinski definition) is 1. The minimum absolute atomic E-state index is 0.0244. The molecule has 3 aromatic rings. The molecule has 0 amide bonds. The van der Waals surface area contributed by atoms with E-state index in [9.17, 15) is 13.2 Å². The summed E-state index contributed by atoms with van der Waals surface area (Å²) in [5.74, 6) is 0. The average Bonchev–Trinajstić information content (AvgIpc) is 2.82. The Kier molecular flexibility index (Phi) is 4.32. The van der Waals surface area contributed by atoms with Crippen molar-refractivity contribution in [2.75, 3.05) is 0 Å². The molecule has 0 aliphatic heterocycles. The van der Waals surface area contributed by atoms with Crippen molar-refractivity contribution in [2.24, 2.45) is 7.05 Å². The largest absolute Gasteiger partial charge is 0.421 e. The predicted octanol–water partition coefficient (Wildman–Crippen LogP) is 2.68. The maximum atomic E-state index is 12.9. The van der Waals surface area contributed by atoms with Gasteiger partial charge in [0.15, 0.2) is 5.52 Å². The second-order valence-electron chi connectivity index (χ2n) is 6.91. The smallest absolute Gasteiger partial charge is 0.364 e. The number of benzene rings is 1. The highest BCUT2D eigenvalue weighted by molar-refractivity contribution is 7.89. The van der Waals surface area contributed by atoms with Crippen LogP contribution in [0.1, 0.15) is 38.5 Å². The van der Waals surface area contributed by atoms with Crippen LogP contribution in [0.2, 0.25) is 0 Å². The van der Waals surface area contributed by atoms with Crippen LogP contribution in [0, 0.1) is 0 Å². The molecule has 1 aliphatic rings. The molecule has 26 heavy (non-hydrogen) atoms. The first-order valence-corrected chi connectivity index (χ1v) is 10.3. The van der Waals surface area contributed by atoms with Gasteiger partial charge in [-0.3, -0.25) is 0 Å². The van der Waals surface area contributed by atoms with Crippen molar-refractivity contribution in [3.05, 3.63) is 34.9 Å². The fraction of sp³-hybridized carbons (Fsp3) is 0.444. The van der Waals surface area contributed by atoms with E-state index >= 15 is 0 Å². The number of rotatable bonds is 3. The molecule has 1 aliphatic carbocycles. The molecule has 1 N–H and O–H groups in total. The maximum Gasteiger partial charge on any atom is 0.364 e. The summed E-state index contributed by atoms with van der Waals surface area (Å²) in [5, 5.41) is 0.559. The Morgan fingerprint density at radius 1 is 1.19 bits per heavy atom. The van der Waals surface area contributed by atoms with Gasteiger partial charge >= 0.3 is 5.63 Å². The second kappa shape index (κ2) is 6.51. The van der Waals surface area contributed by atoms with Gasteiger partial charge in [-0.1, -0.05) is 25.7 Å². The van der Waals surface area contributed by atoms with E-state index in [1.807, 2.05) is 0 Å². The van der Waals surface area contributed by atoms with Crippen molar-refractivity contribution in [1.29, 1.82) is 0 Å². The molecule has 7 nitrogen and oxygen atoms in total. The highest BCUT2D eigenvalue weighted by Crippen LogP contribution is 2.26. The number of nitrogens with one attached hydrogen (secondary N) is 1. The van der Waals surface area contributed by atoms with Gasteiger partial charge in [-0.25, -0.2) is 22.9 Å². The lowest BCUT2D eigenvalue weighted by Gasteiger charge is -2.16. The predicted molar refractivity (Wildman–Crippen MR) is 98.6 cm³/mol. The van der Waals surface area contributed by atoms with Crippen molar-refractivity contribution < 1.29 is 12.8 Å². The molecule has 2 aromatic heterocycles. The summed E-state index contributed by atoms with van der Waals surface area (Å²) < 4.78 is 35.5. The minimum Gasteiger partial charge on any atom is -0.421 e. The monoisotopic (exact) mass is 375 g/mol. The Morgan fingerprint density at radius 2 is 1.92 bits per heavy atom. The van der Waals surface area contributed by atoms with Crippen LogP contribution in [0.5, 0.6) is 0 Å². The number of hydrogen-bond acceptors (Lipinski definition) is 5. The number of nitrogens with zero attached hydrogens (tertiary/aromatic N) is 2. The van der Waals surface area contributed by atoms with Crippen molar-refractivity contribution >= 4 is 32.0 Å². The minimum atomic E-state index is -3.64. The lowest BCUT2D eigenvalue weighted by atomic mass is 10.1. The van der Waals surface area contributed by atoms with E-state index in [0.717, 1.165) is 38.5 Å². The third-order valence-corrected chi connectivity index (χ3v) is 6.54. The molecular weight excluding hydrogens is 354 g/mol. The molecule has 138 valence electrons. The van der Waals surface area contributed by atoms with Crippen LogP contribution in [0.25, 0.3) is 22.0 Å². The molecule has 1 aromatic carbocycles. The Labute approximate surface area is 151 Å². The van der Waals surface area contributed by atoms with E-state index in [4.69, 9.17) is 4.42 Å². The Balaban J connectivity index is 1.79. The first-order chi connectivity index (χ1) is 12.5. The highest BCUT2D eigenvalue weighted by atomic mass is 32.2. The zero-order chi connectivity index (χ0) is 18.3. The quantitative estimate of drug-likeness (QED) is 0.561. The molecule has 4 rings (SSSR count). The van der Waals surface area contributed by atoms with Gasteiger partial charge in [0.05, 0.1) is 16.7 Å². The van der Waals surface area contributed by atoms with Gasteiger partial charge in [0.1, 0.15) is 5.58 Å². The van der Waals surface area contributed by atoms with E-state index in [1.165, 1.54) is 18.5 Å². The van der Waals surface area contributed by atoms with Crippen LogP contribution in [0.15, 0.2) is 38.6 Å². The van der Waals surface area contributed by atoms with E-state index in [1.54, 1.807) is 17.7 Å². The van der Waals surface area contributed by atoms with Crippen molar-refractivity contribution in [2.45, 2.75) is 49.5 Å². The summed E-state index contributed by atoms with van der Waals surface area (Å²) in [7, 11) is -1.88. The molecule has 0 bridgehead atoms. The van der Waals surface area contributed by atoms with Crippen molar-refractivity contribution in [1.82, 2.24) is 14.3 Å². The van der Waals surface area contributed by atoms with Gasteiger partial charge in [-0.05, 0) is 31.0 Å². The molecule has 0 saturated heterocycles. The summed E-state index contributed by atoms with van der Waals surface area (Å²) in [6.45, 7) is 0. The molecule has 1 saturated carbocycles. The van der Waals surface area contributed by atoms with Crippen LogP contribution < -0.4 is 10.3 Å². The fourth-order valence-electron chi connectivity index (χ4n) is 3.68. The number of aromatic nitrogens is 2. The number of imidazole rings is 1. The van der Waals surface area contributed by atoms with Gasteiger partial charge in [0.25, 0.3) is 0 Å². The number of sulfonamides is 1. The Hall–Kier alpha value is -2.19. The van der Waals surface area contributed by atoms with Crippen LogP contribution in [-0.2, 0) is 17.1 Å². The maximum absolute atomic E-state index is 12.9. The first-order valence-electron chi connectivity index (χ1n) is 8.86. The van der Waals surface area contributed by atoms with E-state index in [0.29, 0.717) is 16.5 Å². The molecule has 0 atom stereocenters. The SMILES string of the molecule is Cn1cnc2c(=O)oc3ccc(S(=O)(=O)NC4CCCCCC4)cc3c21. The molecule has 8 heteroatoms. The van der Waals surface area contributed by atoms with E-state index in [2.05, 4.69) is 9.71 Å². The fourth-order valence-corrected chi connectivity index (χ4v) is 5.01. The van der Waals surface area contributed by atoms with Crippen LogP contribution >= 0.6 is 0 Å². The van der Waals surface area contributed by atoms with Gasteiger partial charge in [0.2, 0.25) is 10.0 Å². The summed E-state index contributed by atoms with van der Waals surface area (Å²) >= 11 is 0. The van der Waals surface area contributed by atoms with Crippen molar-refractivity contribution in [3.63, 3.8) is 0 Å². The lowest BCUT2D eigenvalue weighted by Crippen LogP contribution is -2.34. The average molecular weight is 375 g/mol. The summed E-state index contributed by atoms with van der Waals surface area (Å²) in [4.78, 5) is 16.2. The Morgan fingerprint density at radius 3 is 2.65 bits per heavy atom. The van der Waals surface area contributed by atoms with Crippen LogP contribution in [0.3, 0.4) is 0 Å². The summed E-state index contributed by atoms with van der Waals surface area (Å²) in [6.07, 6.45) is 7.67. The zero-order valence-electron chi connectivity index (χ0n) is 14.6. The molecule has 0 radical (unpaired) electrons. The molecular formula is C18H21N3O4S. The van der Waals surface area contributed by atoms with Gasteiger partial charge in [0, 0.05) is 18.5 Å². The normalized spacial score (nSPS) is 17.0. The van der Waals surface area contributed by atoms with Gasteiger partial charge in [-0.15, -0.1) is 0 Å². The van der Waals surface area contributed by atoms with Gasteiger partial charge in [-0.2, -0.15) is 0 Å². The Bertz CT molecular complexity index is 1120. The topological polar surface area (TPSA) is 94.2 Å². The number of aryl methyl sites for hydroxylation is 1.